The number of aryl methyl sites for hydroxylation is 1. The molecule has 0 radical (unpaired) electrons. The van der Waals surface area contributed by atoms with Crippen LogP contribution >= 0.6 is 0 Å². The number of aromatic nitrogens is 1. The SMILES string of the molecule is CCCNC(Cc1cccc(C)n1)C(C)C. The van der Waals surface area contributed by atoms with Crippen molar-refractivity contribution in [2.75, 3.05) is 6.54 Å². The molecule has 2 nitrogen and oxygen atoms in total. The Bertz CT molecular complexity index is 307. The van der Waals surface area contributed by atoms with Gasteiger partial charge in [-0.25, -0.2) is 0 Å². The highest BCUT2D eigenvalue weighted by Crippen LogP contribution is 2.09. The van der Waals surface area contributed by atoms with Gasteiger partial charge in [0, 0.05) is 23.9 Å². The fourth-order valence-electron chi connectivity index (χ4n) is 1.81. The van der Waals surface area contributed by atoms with Crippen LogP contribution in [0.5, 0.6) is 0 Å². The number of pyridine rings is 1. The lowest BCUT2D eigenvalue weighted by Gasteiger charge is -2.22. The maximum Gasteiger partial charge on any atom is 0.0422 e. The zero-order valence-electron chi connectivity index (χ0n) is 11.0. The first-order chi connectivity index (χ1) is 7.63. The van der Waals surface area contributed by atoms with Crippen LogP contribution in [0.1, 0.15) is 38.6 Å². The minimum atomic E-state index is 0.536. The van der Waals surface area contributed by atoms with Crippen LogP contribution in [0.25, 0.3) is 0 Å². The summed E-state index contributed by atoms with van der Waals surface area (Å²) < 4.78 is 0. The standard InChI is InChI=1S/C14H24N2/c1-5-9-15-14(11(2)3)10-13-8-6-7-12(4)16-13/h6-8,11,14-15H,5,9-10H2,1-4H3. The molecule has 0 amide bonds. The summed E-state index contributed by atoms with van der Waals surface area (Å²) in [6, 6.07) is 6.80. The molecule has 1 aromatic heterocycles. The molecule has 2 heteroatoms. The molecule has 16 heavy (non-hydrogen) atoms. The van der Waals surface area contributed by atoms with Crippen LogP contribution < -0.4 is 5.32 Å². The van der Waals surface area contributed by atoms with Crippen molar-refractivity contribution in [3.63, 3.8) is 0 Å². The molecule has 0 aliphatic carbocycles. The van der Waals surface area contributed by atoms with E-state index >= 15 is 0 Å². The van der Waals surface area contributed by atoms with E-state index in [9.17, 15) is 0 Å². The molecule has 0 aliphatic heterocycles. The Morgan fingerprint density at radius 3 is 2.62 bits per heavy atom. The van der Waals surface area contributed by atoms with Gasteiger partial charge in [-0.15, -0.1) is 0 Å². The fourth-order valence-corrected chi connectivity index (χ4v) is 1.81. The molecular formula is C14H24N2. The number of rotatable bonds is 6. The zero-order valence-corrected chi connectivity index (χ0v) is 11.0. The molecule has 1 atom stereocenters. The predicted molar refractivity (Wildman–Crippen MR) is 69.6 cm³/mol. The zero-order chi connectivity index (χ0) is 12.0. The Morgan fingerprint density at radius 1 is 1.31 bits per heavy atom. The molecule has 1 N–H and O–H groups in total. The van der Waals surface area contributed by atoms with Crippen molar-refractivity contribution in [2.24, 2.45) is 5.92 Å². The van der Waals surface area contributed by atoms with E-state index in [0.717, 1.165) is 18.7 Å². The number of nitrogens with zero attached hydrogens (tertiary/aromatic N) is 1. The summed E-state index contributed by atoms with van der Waals surface area (Å²) in [7, 11) is 0. The summed E-state index contributed by atoms with van der Waals surface area (Å²) in [5.41, 5.74) is 2.30. The third-order valence-corrected chi connectivity index (χ3v) is 2.84. The van der Waals surface area contributed by atoms with Gasteiger partial charge in [-0.2, -0.15) is 0 Å². The summed E-state index contributed by atoms with van der Waals surface area (Å²) in [5, 5.41) is 3.60. The molecule has 0 spiro atoms. The summed E-state index contributed by atoms with van der Waals surface area (Å²) in [4.78, 5) is 4.56. The highest BCUT2D eigenvalue weighted by Gasteiger charge is 2.13. The first-order valence-electron chi connectivity index (χ1n) is 6.29. The Labute approximate surface area is 99.5 Å². The summed E-state index contributed by atoms with van der Waals surface area (Å²) in [6.07, 6.45) is 2.21. The van der Waals surface area contributed by atoms with Crippen molar-refractivity contribution in [3.05, 3.63) is 29.6 Å². The van der Waals surface area contributed by atoms with Crippen molar-refractivity contribution < 1.29 is 0 Å². The van der Waals surface area contributed by atoms with Gasteiger partial charge in [-0.3, -0.25) is 4.98 Å². The quantitative estimate of drug-likeness (QED) is 0.797. The van der Waals surface area contributed by atoms with E-state index in [-0.39, 0.29) is 0 Å². The van der Waals surface area contributed by atoms with E-state index in [0.29, 0.717) is 12.0 Å². The van der Waals surface area contributed by atoms with Gasteiger partial charge in [0.05, 0.1) is 0 Å². The van der Waals surface area contributed by atoms with Gasteiger partial charge in [0.2, 0.25) is 0 Å². The lowest BCUT2D eigenvalue weighted by molar-refractivity contribution is 0.394. The Hall–Kier alpha value is -0.890. The first-order valence-corrected chi connectivity index (χ1v) is 6.29. The fraction of sp³-hybridized carbons (Fsp3) is 0.643. The van der Waals surface area contributed by atoms with Gasteiger partial charge in [0.1, 0.15) is 0 Å². The van der Waals surface area contributed by atoms with Gasteiger partial charge in [0.25, 0.3) is 0 Å². The first kappa shape index (κ1) is 13.2. The number of hydrogen-bond acceptors (Lipinski definition) is 2. The topological polar surface area (TPSA) is 24.9 Å². The molecule has 0 aliphatic rings. The largest absolute Gasteiger partial charge is 0.313 e. The van der Waals surface area contributed by atoms with Crippen molar-refractivity contribution in [3.8, 4) is 0 Å². The number of hydrogen-bond donors (Lipinski definition) is 1. The second kappa shape index (κ2) is 6.64. The second-order valence-corrected chi connectivity index (χ2v) is 4.78. The summed E-state index contributed by atoms with van der Waals surface area (Å²) >= 11 is 0. The molecule has 1 unspecified atom stereocenters. The van der Waals surface area contributed by atoms with Crippen LogP contribution in [0.4, 0.5) is 0 Å². The molecule has 0 aromatic carbocycles. The van der Waals surface area contributed by atoms with Gasteiger partial charge in [-0.1, -0.05) is 26.8 Å². The number of nitrogens with one attached hydrogen (secondary N) is 1. The van der Waals surface area contributed by atoms with E-state index in [1.165, 1.54) is 12.1 Å². The summed E-state index contributed by atoms with van der Waals surface area (Å²) in [6.45, 7) is 9.88. The average Bonchev–Trinajstić information content (AvgIpc) is 2.24. The van der Waals surface area contributed by atoms with Gasteiger partial charge in [0.15, 0.2) is 0 Å². The van der Waals surface area contributed by atoms with E-state index in [1.807, 2.05) is 13.0 Å². The molecule has 0 saturated carbocycles. The molecule has 1 aromatic rings. The van der Waals surface area contributed by atoms with E-state index < -0.39 is 0 Å². The highest BCUT2D eigenvalue weighted by atomic mass is 14.9. The molecule has 1 heterocycles. The van der Waals surface area contributed by atoms with Crippen molar-refractivity contribution in [1.29, 1.82) is 0 Å². The normalized spacial score (nSPS) is 13.1. The van der Waals surface area contributed by atoms with Crippen molar-refractivity contribution in [2.45, 2.75) is 46.6 Å². The third kappa shape index (κ3) is 4.31. The van der Waals surface area contributed by atoms with Crippen LogP contribution in [-0.2, 0) is 6.42 Å². The smallest absolute Gasteiger partial charge is 0.0422 e. The molecule has 0 fully saturated rings. The third-order valence-electron chi connectivity index (χ3n) is 2.84. The average molecular weight is 220 g/mol. The van der Waals surface area contributed by atoms with Crippen LogP contribution in [0.15, 0.2) is 18.2 Å². The van der Waals surface area contributed by atoms with Gasteiger partial charge >= 0.3 is 0 Å². The lowest BCUT2D eigenvalue weighted by atomic mass is 9.98. The van der Waals surface area contributed by atoms with Gasteiger partial charge < -0.3 is 5.32 Å². The minimum absolute atomic E-state index is 0.536. The summed E-state index contributed by atoms with van der Waals surface area (Å²) in [5.74, 6) is 0.647. The Balaban J connectivity index is 2.60. The van der Waals surface area contributed by atoms with Crippen LogP contribution in [0, 0.1) is 12.8 Å². The van der Waals surface area contributed by atoms with Gasteiger partial charge in [-0.05, 0) is 37.9 Å². The lowest BCUT2D eigenvalue weighted by Crippen LogP contribution is -2.36. The van der Waals surface area contributed by atoms with Crippen LogP contribution in [0.2, 0.25) is 0 Å². The highest BCUT2D eigenvalue weighted by molar-refractivity contribution is 5.11. The monoisotopic (exact) mass is 220 g/mol. The predicted octanol–water partition coefficient (Wildman–Crippen LogP) is 2.96. The minimum Gasteiger partial charge on any atom is -0.313 e. The van der Waals surface area contributed by atoms with E-state index in [1.54, 1.807) is 0 Å². The maximum absolute atomic E-state index is 4.56. The van der Waals surface area contributed by atoms with Crippen molar-refractivity contribution in [1.82, 2.24) is 10.3 Å². The molecule has 0 bridgehead atoms. The van der Waals surface area contributed by atoms with E-state index in [4.69, 9.17) is 0 Å². The molecule has 1 rings (SSSR count). The van der Waals surface area contributed by atoms with Crippen LogP contribution in [0.3, 0.4) is 0 Å². The van der Waals surface area contributed by atoms with E-state index in [2.05, 4.69) is 43.2 Å². The maximum atomic E-state index is 4.56. The van der Waals surface area contributed by atoms with Crippen LogP contribution in [-0.4, -0.2) is 17.6 Å². The second-order valence-electron chi connectivity index (χ2n) is 4.78. The van der Waals surface area contributed by atoms with Crippen molar-refractivity contribution >= 4 is 0 Å². The molecular weight excluding hydrogens is 196 g/mol. The Kier molecular flexibility index (Phi) is 5.47. The Morgan fingerprint density at radius 2 is 2.06 bits per heavy atom. The molecule has 90 valence electrons. The molecule has 0 saturated heterocycles.